The highest BCUT2D eigenvalue weighted by Gasteiger charge is 2.15. The molecule has 1 aliphatic rings. The van der Waals surface area contributed by atoms with Gasteiger partial charge in [-0.1, -0.05) is 24.3 Å². The molecule has 2 aromatic carbocycles. The maximum atomic E-state index is 12.3. The zero-order valence-corrected chi connectivity index (χ0v) is 13.1. The standard InChI is InChI=1S/C19H22N2O/c1-13-6-3-4-9-18(13)21-19(22)14(2)20-17-11-10-15-7-5-8-16(15)12-17/h3-4,6,9-12,14,20H,5,7-8H2,1-2H3,(H,21,22). The minimum atomic E-state index is -0.279. The summed E-state index contributed by atoms with van der Waals surface area (Å²) in [5.74, 6) is -0.0187. The molecule has 1 amide bonds. The quantitative estimate of drug-likeness (QED) is 0.897. The van der Waals surface area contributed by atoms with Gasteiger partial charge in [0.1, 0.15) is 6.04 Å². The summed E-state index contributed by atoms with van der Waals surface area (Å²) in [6.07, 6.45) is 3.57. The Morgan fingerprint density at radius 1 is 1.09 bits per heavy atom. The molecule has 0 saturated carbocycles. The van der Waals surface area contributed by atoms with Crippen LogP contribution in [0.2, 0.25) is 0 Å². The minimum Gasteiger partial charge on any atom is -0.374 e. The Bertz CT molecular complexity index is 694. The van der Waals surface area contributed by atoms with Crippen LogP contribution in [0.15, 0.2) is 42.5 Å². The van der Waals surface area contributed by atoms with E-state index in [1.807, 2.05) is 38.1 Å². The average molecular weight is 294 g/mol. The molecule has 1 atom stereocenters. The van der Waals surface area contributed by atoms with E-state index in [2.05, 4.69) is 28.8 Å². The van der Waals surface area contributed by atoms with Gasteiger partial charge in [0.05, 0.1) is 0 Å². The topological polar surface area (TPSA) is 41.1 Å². The molecule has 0 radical (unpaired) electrons. The Balaban J connectivity index is 1.65. The number of para-hydroxylation sites is 1. The van der Waals surface area contributed by atoms with Crippen molar-refractivity contribution in [3.63, 3.8) is 0 Å². The molecule has 0 saturated heterocycles. The van der Waals surface area contributed by atoms with Crippen molar-refractivity contribution in [2.24, 2.45) is 0 Å². The summed E-state index contributed by atoms with van der Waals surface area (Å²) in [6, 6.07) is 14.0. The molecule has 3 nitrogen and oxygen atoms in total. The molecule has 0 aromatic heterocycles. The van der Waals surface area contributed by atoms with Crippen molar-refractivity contribution in [1.82, 2.24) is 0 Å². The highest BCUT2D eigenvalue weighted by molar-refractivity contribution is 5.96. The summed E-state index contributed by atoms with van der Waals surface area (Å²) in [6.45, 7) is 3.88. The van der Waals surface area contributed by atoms with Gasteiger partial charge < -0.3 is 10.6 Å². The van der Waals surface area contributed by atoms with Gasteiger partial charge in [0.25, 0.3) is 0 Å². The second-order valence-electron chi connectivity index (χ2n) is 6.01. The van der Waals surface area contributed by atoms with E-state index in [4.69, 9.17) is 0 Å². The first kappa shape index (κ1) is 14.6. The van der Waals surface area contributed by atoms with Gasteiger partial charge in [-0.2, -0.15) is 0 Å². The number of fused-ring (bicyclic) bond motifs is 1. The van der Waals surface area contributed by atoms with E-state index in [9.17, 15) is 4.79 Å². The lowest BCUT2D eigenvalue weighted by atomic mass is 10.1. The van der Waals surface area contributed by atoms with Crippen LogP contribution in [0.4, 0.5) is 11.4 Å². The number of aryl methyl sites for hydroxylation is 3. The van der Waals surface area contributed by atoms with Gasteiger partial charge in [-0.3, -0.25) is 4.79 Å². The van der Waals surface area contributed by atoms with E-state index in [0.717, 1.165) is 23.4 Å². The van der Waals surface area contributed by atoms with Crippen LogP contribution in [0, 0.1) is 6.92 Å². The third-order valence-corrected chi connectivity index (χ3v) is 4.28. The van der Waals surface area contributed by atoms with Crippen LogP contribution in [-0.4, -0.2) is 11.9 Å². The van der Waals surface area contributed by atoms with Crippen LogP contribution < -0.4 is 10.6 Å². The number of carbonyl (C=O) groups is 1. The SMILES string of the molecule is Cc1ccccc1NC(=O)C(C)Nc1ccc2c(c1)CCC2. The molecule has 0 fully saturated rings. The van der Waals surface area contributed by atoms with Crippen LogP contribution in [0.5, 0.6) is 0 Å². The van der Waals surface area contributed by atoms with Gasteiger partial charge >= 0.3 is 0 Å². The molecule has 2 N–H and O–H groups in total. The van der Waals surface area contributed by atoms with E-state index < -0.39 is 0 Å². The molecule has 0 aliphatic heterocycles. The van der Waals surface area contributed by atoms with Crippen molar-refractivity contribution in [3.8, 4) is 0 Å². The number of carbonyl (C=O) groups excluding carboxylic acids is 1. The molecule has 0 heterocycles. The third-order valence-electron chi connectivity index (χ3n) is 4.28. The monoisotopic (exact) mass is 294 g/mol. The molecule has 114 valence electrons. The van der Waals surface area contributed by atoms with Crippen LogP contribution in [0.25, 0.3) is 0 Å². The van der Waals surface area contributed by atoms with Crippen molar-refractivity contribution < 1.29 is 4.79 Å². The zero-order chi connectivity index (χ0) is 15.5. The molecule has 3 rings (SSSR count). The second kappa shape index (κ2) is 6.22. The number of amides is 1. The third kappa shape index (κ3) is 3.14. The lowest BCUT2D eigenvalue weighted by Gasteiger charge is -2.17. The molecule has 1 aliphatic carbocycles. The van der Waals surface area contributed by atoms with Crippen molar-refractivity contribution in [2.45, 2.75) is 39.2 Å². The molecular weight excluding hydrogens is 272 g/mol. The van der Waals surface area contributed by atoms with E-state index >= 15 is 0 Å². The fourth-order valence-corrected chi connectivity index (χ4v) is 2.93. The summed E-state index contributed by atoms with van der Waals surface area (Å²) in [7, 11) is 0. The van der Waals surface area contributed by atoms with E-state index in [-0.39, 0.29) is 11.9 Å². The van der Waals surface area contributed by atoms with Gasteiger partial charge in [-0.25, -0.2) is 0 Å². The Morgan fingerprint density at radius 2 is 1.86 bits per heavy atom. The van der Waals surface area contributed by atoms with Gasteiger partial charge in [0, 0.05) is 11.4 Å². The number of benzene rings is 2. The lowest BCUT2D eigenvalue weighted by Crippen LogP contribution is -2.32. The molecule has 3 heteroatoms. The molecule has 0 spiro atoms. The van der Waals surface area contributed by atoms with Crippen molar-refractivity contribution >= 4 is 17.3 Å². The van der Waals surface area contributed by atoms with Gasteiger partial charge in [0.2, 0.25) is 5.91 Å². The first-order chi connectivity index (χ1) is 10.6. The zero-order valence-electron chi connectivity index (χ0n) is 13.1. The maximum absolute atomic E-state index is 12.3. The predicted octanol–water partition coefficient (Wildman–Crippen LogP) is 3.92. The Hall–Kier alpha value is -2.29. The van der Waals surface area contributed by atoms with Crippen molar-refractivity contribution in [2.75, 3.05) is 10.6 Å². The fraction of sp³-hybridized carbons (Fsp3) is 0.316. The molecule has 0 bridgehead atoms. The summed E-state index contributed by atoms with van der Waals surface area (Å²) >= 11 is 0. The van der Waals surface area contributed by atoms with Gasteiger partial charge in [-0.15, -0.1) is 0 Å². The van der Waals surface area contributed by atoms with Gasteiger partial charge in [0.15, 0.2) is 0 Å². The lowest BCUT2D eigenvalue weighted by molar-refractivity contribution is -0.116. The number of nitrogens with one attached hydrogen (secondary N) is 2. The predicted molar refractivity (Wildman–Crippen MR) is 91.4 cm³/mol. The molecular formula is C19H22N2O. The first-order valence-electron chi connectivity index (χ1n) is 7.88. The largest absolute Gasteiger partial charge is 0.374 e. The Morgan fingerprint density at radius 3 is 2.68 bits per heavy atom. The average Bonchev–Trinajstić information content (AvgIpc) is 2.97. The summed E-state index contributed by atoms with van der Waals surface area (Å²) in [5, 5.41) is 6.28. The van der Waals surface area contributed by atoms with E-state index in [1.165, 1.54) is 24.0 Å². The van der Waals surface area contributed by atoms with Crippen LogP contribution >= 0.6 is 0 Å². The van der Waals surface area contributed by atoms with Crippen LogP contribution in [0.3, 0.4) is 0 Å². The molecule has 22 heavy (non-hydrogen) atoms. The van der Waals surface area contributed by atoms with Crippen molar-refractivity contribution in [3.05, 3.63) is 59.2 Å². The highest BCUT2D eigenvalue weighted by Crippen LogP contribution is 2.25. The summed E-state index contributed by atoms with van der Waals surface area (Å²) in [4.78, 5) is 12.3. The first-order valence-corrected chi connectivity index (χ1v) is 7.88. The molecule has 2 aromatic rings. The number of rotatable bonds is 4. The summed E-state index contributed by atoms with van der Waals surface area (Å²) < 4.78 is 0. The number of hydrogen-bond donors (Lipinski definition) is 2. The Kier molecular flexibility index (Phi) is 4.14. The van der Waals surface area contributed by atoms with Crippen molar-refractivity contribution in [1.29, 1.82) is 0 Å². The Labute approximate surface area is 131 Å². The number of hydrogen-bond acceptors (Lipinski definition) is 2. The van der Waals surface area contributed by atoms with E-state index in [0.29, 0.717) is 0 Å². The second-order valence-corrected chi connectivity index (χ2v) is 6.01. The van der Waals surface area contributed by atoms with Crippen LogP contribution in [-0.2, 0) is 17.6 Å². The van der Waals surface area contributed by atoms with Gasteiger partial charge in [-0.05, 0) is 68.0 Å². The smallest absolute Gasteiger partial charge is 0.246 e. The highest BCUT2D eigenvalue weighted by atomic mass is 16.2. The minimum absolute atomic E-state index is 0.0187. The van der Waals surface area contributed by atoms with E-state index in [1.54, 1.807) is 0 Å². The maximum Gasteiger partial charge on any atom is 0.246 e. The fourth-order valence-electron chi connectivity index (χ4n) is 2.93. The summed E-state index contributed by atoms with van der Waals surface area (Å²) in [5.41, 5.74) is 5.82. The number of anilines is 2. The van der Waals surface area contributed by atoms with Crippen LogP contribution in [0.1, 0.15) is 30.0 Å². The molecule has 1 unspecified atom stereocenters. The normalized spacial score (nSPS) is 14.3.